The van der Waals surface area contributed by atoms with Crippen LogP contribution < -0.4 is 5.73 Å². The average molecular weight is 189 g/mol. The SMILES string of the molecule is CC(C)(C)C(=O)O.CCC(C)(C)N. The lowest BCUT2D eigenvalue weighted by Gasteiger charge is -2.13. The van der Waals surface area contributed by atoms with Crippen molar-refractivity contribution in [3.63, 3.8) is 0 Å². The summed E-state index contributed by atoms with van der Waals surface area (Å²) in [4.78, 5) is 10.0. The van der Waals surface area contributed by atoms with E-state index in [1.165, 1.54) is 0 Å². The van der Waals surface area contributed by atoms with Crippen molar-refractivity contribution in [1.82, 2.24) is 0 Å². The zero-order valence-electron chi connectivity index (χ0n) is 9.64. The minimum Gasteiger partial charge on any atom is -0.481 e. The molecular formula is C10H23NO2. The lowest BCUT2D eigenvalue weighted by molar-refractivity contribution is -0.145. The van der Waals surface area contributed by atoms with Gasteiger partial charge in [-0.3, -0.25) is 4.79 Å². The van der Waals surface area contributed by atoms with Gasteiger partial charge in [-0.05, 0) is 41.0 Å². The predicted octanol–water partition coefficient (Wildman–Crippen LogP) is 2.25. The van der Waals surface area contributed by atoms with Gasteiger partial charge in [0.2, 0.25) is 0 Å². The lowest BCUT2D eigenvalue weighted by atomic mass is 9.98. The highest BCUT2D eigenvalue weighted by Crippen LogP contribution is 2.11. The van der Waals surface area contributed by atoms with Crippen molar-refractivity contribution < 1.29 is 9.90 Å². The highest BCUT2D eigenvalue weighted by atomic mass is 16.4. The van der Waals surface area contributed by atoms with Crippen LogP contribution in [0.5, 0.6) is 0 Å². The van der Waals surface area contributed by atoms with Crippen LogP contribution in [0.15, 0.2) is 0 Å². The molecule has 0 radical (unpaired) electrons. The fraction of sp³-hybridized carbons (Fsp3) is 0.900. The molecule has 0 saturated heterocycles. The minimum atomic E-state index is -0.757. The van der Waals surface area contributed by atoms with Crippen LogP contribution in [-0.2, 0) is 4.79 Å². The summed E-state index contributed by atoms with van der Waals surface area (Å²) < 4.78 is 0. The van der Waals surface area contributed by atoms with Crippen LogP contribution in [0.3, 0.4) is 0 Å². The third-order valence-corrected chi connectivity index (χ3v) is 1.55. The number of rotatable bonds is 1. The zero-order valence-corrected chi connectivity index (χ0v) is 9.64. The molecular weight excluding hydrogens is 166 g/mol. The van der Waals surface area contributed by atoms with E-state index in [4.69, 9.17) is 10.8 Å². The normalized spacial score (nSPS) is 11.6. The second-order valence-electron chi connectivity index (χ2n) is 4.90. The molecule has 80 valence electrons. The number of hydrogen-bond donors (Lipinski definition) is 2. The Labute approximate surface area is 81.3 Å². The molecule has 13 heavy (non-hydrogen) atoms. The van der Waals surface area contributed by atoms with Crippen molar-refractivity contribution in [2.45, 2.75) is 53.5 Å². The molecule has 0 aliphatic carbocycles. The molecule has 3 N–H and O–H groups in total. The number of hydrogen-bond acceptors (Lipinski definition) is 2. The molecule has 0 spiro atoms. The van der Waals surface area contributed by atoms with Gasteiger partial charge in [0.1, 0.15) is 0 Å². The molecule has 0 aliphatic heterocycles. The Balaban J connectivity index is 0. The summed E-state index contributed by atoms with van der Waals surface area (Å²) in [5.41, 5.74) is 4.99. The van der Waals surface area contributed by atoms with Gasteiger partial charge in [-0.25, -0.2) is 0 Å². The van der Waals surface area contributed by atoms with E-state index in [1.54, 1.807) is 20.8 Å². The molecule has 0 aromatic carbocycles. The Morgan fingerprint density at radius 3 is 1.38 bits per heavy atom. The Morgan fingerprint density at radius 2 is 1.38 bits per heavy atom. The minimum absolute atomic E-state index is 0.0417. The topological polar surface area (TPSA) is 63.3 Å². The van der Waals surface area contributed by atoms with Crippen molar-refractivity contribution in [2.24, 2.45) is 11.1 Å². The first-order chi connectivity index (χ1) is 5.50. The summed E-state index contributed by atoms with van der Waals surface area (Å²) in [6.07, 6.45) is 1.05. The molecule has 0 heterocycles. The first-order valence-electron chi connectivity index (χ1n) is 4.53. The van der Waals surface area contributed by atoms with E-state index in [0.717, 1.165) is 6.42 Å². The van der Waals surface area contributed by atoms with Crippen molar-refractivity contribution >= 4 is 5.97 Å². The molecule has 3 nitrogen and oxygen atoms in total. The van der Waals surface area contributed by atoms with Gasteiger partial charge in [0.25, 0.3) is 0 Å². The lowest BCUT2D eigenvalue weighted by Crippen LogP contribution is -2.30. The van der Waals surface area contributed by atoms with Crippen LogP contribution in [0.2, 0.25) is 0 Å². The highest BCUT2D eigenvalue weighted by molar-refractivity contribution is 5.72. The first kappa shape index (κ1) is 14.9. The molecule has 0 fully saturated rings. The van der Waals surface area contributed by atoms with E-state index in [1.807, 2.05) is 13.8 Å². The third kappa shape index (κ3) is 14.3. The first-order valence-corrected chi connectivity index (χ1v) is 4.53. The van der Waals surface area contributed by atoms with E-state index >= 15 is 0 Å². The van der Waals surface area contributed by atoms with Gasteiger partial charge in [0.05, 0.1) is 5.41 Å². The van der Waals surface area contributed by atoms with E-state index in [0.29, 0.717) is 0 Å². The number of carbonyl (C=O) groups is 1. The molecule has 0 unspecified atom stereocenters. The summed E-state index contributed by atoms with van der Waals surface area (Å²) in [5, 5.41) is 8.25. The van der Waals surface area contributed by atoms with Crippen LogP contribution in [-0.4, -0.2) is 16.6 Å². The zero-order chi connectivity index (χ0) is 11.3. The second-order valence-corrected chi connectivity index (χ2v) is 4.90. The predicted molar refractivity (Wildman–Crippen MR) is 55.6 cm³/mol. The van der Waals surface area contributed by atoms with Gasteiger partial charge in [0.15, 0.2) is 0 Å². The molecule has 3 heteroatoms. The van der Waals surface area contributed by atoms with Crippen LogP contribution in [0.4, 0.5) is 0 Å². The molecule has 0 aromatic heterocycles. The smallest absolute Gasteiger partial charge is 0.308 e. The molecule has 0 rings (SSSR count). The molecule has 0 aliphatic rings. The highest BCUT2D eigenvalue weighted by Gasteiger charge is 2.18. The monoisotopic (exact) mass is 189 g/mol. The van der Waals surface area contributed by atoms with E-state index in [9.17, 15) is 4.79 Å². The maximum absolute atomic E-state index is 10.0. The summed E-state index contributed by atoms with van der Waals surface area (Å²) in [7, 11) is 0. The average Bonchev–Trinajstić information content (AvgIpc) is 1.85. The summed E-state index contributed by atoms with van der Waals surface area (Å²) in [6.45, 7) is 11.1. The Bertz CT molecular complexity index is 151. The fourth-order valence-corrected chi connectivity index (χ4v) is 0. The molecule has 0 bridgehead atoms. The molecule has 0 atom stereocenters. The van der Waals surface area contributed by atoms with Crippen LogP contribution in [0.25, 0.3) is 0 Å². The van der Waals surface area contributed by atoms with E-state index in [2.05, 4.69) is 6.92 Å². The fourth-order valence-electron chi connectivity index (χ4n) is 0. The van der Waals surface area contributed by atoms with Crippen molar-refractivity contribution in [1.29, 1.82) is 0 Å². The number of carboxylic acids is 1. The number of aliphatic carboxylic acids is 1. The summed E-state index contributed by atoms with van der Waals surface area (Å²) in [6, 6.07) is 0. The standard InChI is InChI=1S/C5H13N.C5H10O2/c1-4-5(2,3)6;1-5(2,3)4(6)7/h4,6H2,1-3H3;1-3H3,(H,6,7). The van der Waals surface area contributed by atoms with Crippen molar-refractivity contribution in [2.75, 3.05) is 0 Å². The van der Waals surface area contributed by atoms with Gasteiger partial charge in [0, 0.05) is 5.54 Å². The van der Waals surface area contributed by atoms with Gasteiger partial charge < -0.3 is 10.8 Å². The van der Waals surface area contributed by atoms with E-state index in [-0.39, 0.29) is 5.54 Å². The Morgan fingerprint density at radius 1 is 1.23 bits per heavy atom. The van der Waals surface area contributed by atoms with Gasteiger partial charge in [-0.2, -0.15) is 0 Å². The van der Waals surface area contributed by atoms with Crippen LogP contribution in [0.1, 0.15) is 48.0 Å². The van der Waals surface area contributed by atoms with Crippen molar-refractivity contribution in [3.05, 3.63) is 0 Å². The maximum Gasteiger partial charge on any atom is 0.308 e. The summed E-state index contributed by atoms with van der Waals surface area (Å²) in [5.74, 6) is -0.757. The molecule has 0 amide bonds. The molecule has 0 aromatic rings. The Kier molecular flexibility index (Phi) is 6.00. The number of nitrogens with two attached hydrogens (primary N) is 1. The summed E-state index contributed by atoms with van der Waals surface area (Å²) >= 11 is 0. The van der Waals surface area contributed by atoms with E-state index < -0.39 is 11.4 Å². The molecule has 0 saturated carbocycles. The largest absolute Gasteiger partial charge is 0.481 e. The van der Waals surface area contributed by atoms with Gasteiger partial charge in [-0.15, -0.1) is 0 Å². The maximum atomic E-state index is 10.0. The van der Waals surface area contributed by atoms with Crippen molar-refractivity contribution in [3.8, 4) is 0 Å². The van der Waals surface area contributed by atoms with Crippen LogP contribution >= 0.6 is 0 Å². The van der Waals surface area contributed by atoms with Gasteiger partial charge >= 0.3 is 5.97 Å². The van der Waals surface area contributed by atoms with Crippen LogP contribution in [0, 0.1) is 5.41 Å². The third-order valence-electron chi connectivity index (χ3n) is 1.55. The van der Waals surface area contributed by atoms with Gasteiger partial charge in [-0.1, -0.05) is 6.92 Å². The Hall–Kier alpha value is -0.570. The second kappa shape index (κ2) is 5.22. The number of carboxylic acid groups (broad SMARTS) is 1. The quantitative estimate of drug-likeness (QED) is 0.665.